The van der Waals surface area contributed by atoms with E-state index in [2.05, 4.69) is 10.1 Å². The van der Waals surface area contributed by atoms with Crippen molar-refractivity contribution in [2.24, 2.45) is 0 Å². The molecule has 1 aliphatic heterocycles. The first-order chi connectivity index (χ1) is 7.04. The van der Waals surface area contributed by atoms with Gasteiger partial charge in [-0.1, -0.05) is 0 Å². The SMILES string of the molecule is CCOC(=O)C(=O)NC1CC(=O)N(C)C1. The van der Waals surface area contributed by atoms with Crippen LogP contribution in [0.5, 0.6) is 0 Å². The number of amides is 2. The molecule has 1 saturated heterocycles. The summed E-state index contributed by atoms with van der Waals surface area (Å²) in [5.41, 5.74) is 0. The largest absolute Gasteiger partial charge is 0.459 e. The number of likely N-dealkylation sites (N-methyl/N-ethyl adjacent to an activating group) is 1. The molecule has 1 heterocycles. The third-order valence-electron chi connectivity index (χ3n) is 2.14. The van der Waals surface area contributed by atoms with Crippen molar-refractivity contribution in [3.8, 4) is 0 Å². The molecule has 0 aromatic heterocycles. The van der Waals surface area contributed by atoms with Gasteiger partial charge in [-0.25, -0.2) is 4.79 Å². The van der Waals surface area contributed by atoms with Gasteiger partial charge >= 0.3 is 11.9 Å². The van der Waals surface area contributed by atoms with Crippen LogP contribution in [0.25, 0.3) is 0 Å². The van der Waals surface area contributed by atoms with Crippen molar-refractivity contribution in [1.29, 1.82) is 0 Å². The van der Waals surface area contributed by atoms with E-state index in [0.717, 1.165) is 0 Å². The van der Waals surface area contributed by atoms with Gasteiger partial charge < -0.3 is 15.0 Å². The summed E-state index contributed by atoms with van der Waals surface area (Å²) in [5.74, 6) is -1.73. The van der Waals surface area contributed by atoms with E-state index < -0.39 is 11.9 Å². The molecule has 0 radical (unpaired) electrons. The third-order valence-corrected chi connectivity index (χ3v) is 2.14. The Labute approximate surface area is 87.6 Å². The molecule has 0 aromatic rings. The highest BCUT2D eigenvalue weighted by atomic mass is 16.5. The molecule has 1 rings (SSSR count). The van der Waals surface area contributed by atoms with Crippen molar-refractivity contribution in [3.05, 3.63) is 0 Å². The van der Waals surface area contributed by atoms with Crippen LogP contribution in [0.2, 0.25) is 0 Å². The fourth-order valence-corrected chi connectivity index (χ4v) is 1.40. The molecule has 6 nitrogen and oxygen atoms in total. The van der Waals surface area contributed by atoms with Crippen LogP contribution in [0.4, 0.5) is 0 Å². The Morgan fingerprint density at radius 3 is 2.73 bits per heavy atom. The summed E-state index contributed by atoms with van der Waals surface area (Å²) in [7, 11) is 1.65. The molecule has 0 bridgehead atoms. The van der Waals surface area contributed by atoms with Gasteiger partial charge in [0.2, 0.25) is 5.91 Å². The zero-order chi connectivity index (χ0) is 11.4. The van der Waals surface area contributed by atoms with Crippen LogP contribution in [0, 0.1) is 0 Å². The minimum absolute atomic E-state index is 0.0378. The summed E-state index contributed by atoms with van der Waals surface area (Å²) in [6, 6.07) is -0.292. The van der Waals surface area contributed by atoms with E-state index in [4.69, 9.17) is 0 Å². The number of carbonyl (C=O) groups excluding carboxylic acids is 3. The molecule has 0 saturated carbocycles. The average Bonchev–Trinajstić information content (AvgIpc) is 2.46. The van der Waals surface area contributed by atoms with Crippen LogP contribution in [0.1, 0.15) is 13.3 Å². The first-order valence-electron chi connectivity index (χ1n) is 4.76. The smallest absolute Gasteiger partial charge is 0.396 e. The van der Waals surface area contributed by atoms with Crippen LogP contribution in [0.15, 0.2) is 0 Å². The lowest BCUT2D eigenvalue weighted by molar-refractivity contribution is -0.154. The highest BCUT2D eigenvalue weighted by molar-refractivity contribution is 6.32. The Balaban J connectivity index is 2.39. The van der Waals surface area contributed by atoms with Crippen molar-refractivity contribution in [2.45, 2.75) is 19.4 Å². The maximum Gasteiger partial charge on any atom is 0.396 e. The highest BCUT2D eigenvalue weighted by Crippen LogP contribution is 2.07. The Kier molecular flexibility index (Phi) is 3.65. The molecule has 1 N–H and O–H groups in total. The van der Waals surface area contributed by atoms with Crippen LogP contribution in [-0.4, -0.2) is 48.9 Å². The molecule has 15 heavy (non-hydrogen) atoms. The van der Waals surface area contributed by atoms with Gasteiger partial charge in [-0.05, 0) is 6.92 Å². The van der Waals surface area contributed by atoms with Gasteiger partial charge in [0.25, 0.3) is 0 Å². The summed E-state index contributed by atoms with van der Waals surface area (Å²) in [6.45, 7) is 2.22. The van der Waals surface area contributed by atoms with E-state index in [1.807, 2.05) is 0 Å². The summed E-state index contributed by atoms with van der Waals surface area (Å²) in [5, 5.41) is 2.45. The predicted octanol–water partition coefficient (Wildman–Crippen LogP) is -1.10. The monoisotopic (exact) mass is 214 g/mol. The number of esters is 1. The second-order valence-corrected chi connectivity index (χ2v) is 3.37. The number of likely N-dealkylation sites (tertiary alicyclic amines) is 1. The summed E-state index contributed by atoms with van der Waals surface area (Å²) in [6.07, 6.45) is 0.238. The first-order valence-corrected chi connectivity index (χ1v) is 4.76. The standard InChI is InChI=1S/C9H14N2O4/c1-3-15-9(14)8(13)10-6-4-7(12)11(2)5-6/h6H,3-5H2,1-2H3,(H,10,13). The van der Waals surface area contributed by atoms with Gasteiger partial charge in [-0.15, -0.1) is 0 Å². The maximum atomic E-state index is 11.2. The van der Waals surface area contributed by atoms with Gasteiger partial charge in [0, 0.05) is 20.0 Å². The minimum atomic E-state index is -0.903. The number of hydrogen-bond donors (Lipinski definition) is 1. The van der Waals surface area contributed by atoms with E-state index in [9.17, 15) is 14.4 Å². The molecule has 1 aliphatic rings. The van der Waals surface area contributed by atoms with Crippen molar-refractivity contribution < 1.29 is 19.1 Å². The molecular weight excluding hydrogens is 200 g/mol. The van der Waals surface area contributed by atoms with Crippen molar-refractivity contribution in [3.63, 3.8) is 0 Å². The van der Waals surface area contributed by atoms with E-state index in [1.54, 1.807) is 14.0 Å². The Morgan fingerprint density at radius 1 is 1.60 bits per heavy atom. The highest BCUT2D eigenvalue weighted by Gasteiger charge is 2.29. The molecular formula is C9H14N2O4. The van der Waals surface area contributed by atoms with Crippen molar-refractivity contribution in [1.82, 2.24) is 10.2 Å². The predicted molar refractivity (Wildman–Crippen MR) is 50.8 cm³/mol. The van der Waals surface area contributed by atoms with E-state index in [0.29, 0.717) is 6.54 Å². The quantitative estimate of drug-likeness (QED) is 0.467. The molecule has 1 unspecified atom stereocenters. The first kappa shape index (κ1) is 11.5. The summed E-state index contributed by atoms with van der Waals surface area (Å²) >= 11 is 0. The molecule has 0 aliphatic carbocycles. The molecule has 6 heteroatoms. The zero-order valence-corrected chi connectivity index (χ0v) is 8.78. The van der Waals surface area contributed by atoms with E-state index in [1.165, 1.54) is 4.90 Å². The number of carbonyl (C=O) groups is 3. The average molecular weight is 214 g/mol. The van der Waals surface area contributed by atoms with Gasteiger partial charge in [0.1, 0.15) is 0 Å². The fraction of sp³-hybridized carbons (Fsp3) is 0.667. The van der Waals surface area contributed by atoms with Gasteiger partial charge in [0.05, 0.1) is 12.6 Å². The second kappa shape index (κ2) is 4.77. The number of rotatable bonds is 2. The summed E-state index contributed by atoms with van der Waals surface area (Å²) < 4.78 is 4.52. The lowest BCUT2D eigenvalue weighted by Gasteiger charge is -2.11. The van der Waals surface area contributed by atoms with Crippen molar-refractivity contribution in [2.75, 3.05) is 20.2 Å². The van der Waals surface area contributed by atoms with Crippen LogP contribution < -0.4 is 5.32 Å². The molecule has 0 aromatic carbocycles. The number of ether oxygens (including phenoxy) is 1. The summed E-state index contributed by atoms with van der Waals surface area (Å²) in [4.78, 5) is 34.8. The fourth-order valence-electron chi connectivity index (χ4n) is 1.40. The number of nitrogens with one attached hydrogen (secondary N) is 1. The second-order valence-electron chi connectivity index (χ2n) is 3.37. The lowest BCUT2D eigenvalue weighted by atomic mass is 10.2. The van der Waals surface area contributed by atoms with Crippen LogP contribution in [0.3, 0.4) is 0 Å². The Bertz CT molecular complexity index is 290. The molecule has 1 fully saturated rings. The van der Waals surface area contributed by atoms with E-state index >= 15 is 0 Å². The maximum absolute atomic E-state index is 11.2. The van der Waals surface area contributed by atoms with Crippen LogP contribution >= 0.6 is 0 Å². The number of nitrogens with zero attached hydrogens (tertiary/aromatic N) is 1. The molecule has 1 atom stereocenters. The third kappa shape index (κ3) is 2.93. The minimum Gasteiger partial charge on any atom is -0.459 e. The van der Waals surface area contributed by atoms with E-state index in [-0.39, 0.29) is 25.0 Å². The topological polar surface area (TPSA) is 75.7 Å². The molecule has 0 spiro atoms. The van der Waals surface area contributed by atoms with Gasteiger partial charge in [-0.2, -0.15) is 0 Å². The van der Waals surface area contributed by atoms with Gasteiger partial charge in [0.15, 0.2) is 0 Å². The molecule has 2 amide bonds. The Hall–Kier alpha value is -1.59. The van der Waals surface area contributed by atoms with Gasteiger partial charge in [-0.3, -0.25) is 9.59 Å². The van der Waals surface area contributed by atoms with Crippen molar-refractivity contribution >= 4 is 17.8 Å². The lowest BCUT2D eigenvalue weighted by Crippen LogP contribution is -2.41. The molecule has 84 valence electrons. The van der Waals surface area contributed by atoms with Crippen LogP contribution in [-0.2, 0) is 19.1 Å². The zero-order valence-electron chi connectivity index (χ0n) is 8.78. The normalized spacial score (nSPS) is 20.3. The Morgan fingerprint density at radius 2 is 2.27 bits per heavy atom. The number of hydrogen-bond acceptors (Lipinski definition) is 4.